The fourth-order valence-corrected chi connectivity index (χ4v) is 3.49. The first-order valence-corrected chi connectivity index (χ1v) is 6.64. The van der Waals surface area contributed by atoms with E-state index in [9.17, 15) is 9.90 Å². The normalized spacial score (nSPS) is 17.3. The Morgan fingerprint density at radius 1 is 1.44 bits per heavy atom. The van der Waals surface area contributed by atoms with Gasteiger partial charge < -0.3 is 10.4 Å². The Morgan fingerprint density at radius 3 is 2.69 bits per heavy atom. The van der Waals surface area contributed by atoms with Crippen LogP contribution in [0.5, 0.6) is 0 Å². The van der Waals surface area contributed by atoms with Gasteiger partial charge in [0, 0.05) is 7.05 Å². The van der Waals surface area contributed by atoms with E-state index in [-0.39, 0.29) is 0 Å². The summed E-state index contributed by atoms with van der Waals surface area (Å²) in [7, 11) is 1.78. The second-order valence-corrected chi connectivity index (χ2v) is 5.16. The van der Waals surface area contributed by atoms with Gasteiger partial charge in [-0.25, -0.2) is 4.79 Å². The highest BCUT2D eigenvalue weighted by atomic mass is 32.1. The number of nitrogens with one attached hydrogen (secondary N) is 1. The average molecular weight is 239 g/mol. The minimum Gasteiger partial charge on any atom is -0.478 e. The lowest BCUT2D eigenvalue weighted by molar-refractivity contribution is 0.0696. The predicted molar refractivity (Wildman–Crippen MR) is 66.7 cm³/mol. The van der Waals surface area contributed by atoms with Crippen LogP contribution in [0.4, 0.5) is 5.00 Å². The maximum atomic E-state index is 11.3. The van der Waals surface area contributed by atoms with Crippen LogP contribution in [0.1, 0.15) is 53.9 Å². The highest BCUT2D eigenvalue weighted by molar-refractivity contribution is 7.14. The molecule has 1 aliphatic carbocycles. The summed E-state index contributed by atoms with van der Waals surface area (Å²) in [6.07, 6.45) is 6.03. The Kier molecular flexibility index (Phi) is 3.49. The standard InChI is InChI=1S/C12H17NO2S/c1-13-11-10(12(14)15)9(7-16-11)8-5-3-2-4-6-8/h7-8,13H,2-6H2,1H3,(H,14,15). The first kappa shape index (κ1) is 11.5. The molecule has 0 bridgehead atoms. The molecule has 2 rings (SSSR count). The highest BCUT2D eigenvalue weighted by Gasteiger charge is 2.25. The number of carboxylic acid groups (broad SMARTS) is 1. The van der Waals surface area contributed by atoms with Crippen molar-refractivity contribution in [2.75, 3.05) is 12.4 Å². The molecule has 0 amide bonds. The lowest BCUT2D eigenvalue weighted by Gasteiger charge is -2.21. The molecular formula is C12H17NO2S. The van der Waals surface area contributed by atoms with Crippen LogP contribution in [-0.2, 0) is 0 Å². The molecule has 1 heterocycles. The summed E-state index contributed by atoms with van der Waals surface area (Å²) in [6, 6.07) is 0. The molecule has 3 nitrogen and oxygen atoms in total. The van der Waals surface area contributed by atoms with Crippen LogP contribution in [0.2, 0.25) is 0 Å². The molecule has 0 atom stereocenters. The minimum atomic E-state index is -0.800. The number of carbonyl (C=O) groups is 1. The Bertz CT molecular complexity index is 380. The SMILES string of the molecule is CNc1scc(C2CCCCC2)c1C(=O)O. The molecule has 0 radical (unpaired) electrons. The number of carboxylic acids is 1. The van der Waals surface area contributed by atoms with Crippen LogP contribution in [0.25, 0.3) is 0 Å². The Morgan fingerprint density at radius 2 is 2.12 bits per heavy atom. The quantitative estimate of drug-likeness (QED) is 0.848. The first-order valence-electron chi connectivity index (χ1n) is 5.76. The van der Waals surface area contributed by atoms with Crippen molar-refractivity contribution >= 4 is 22.3 Å². The summed E-state index contributed by atoms with van der Waals surface area (Å²) in [5.74, 6) is -0.343. The van der Waals surface area contributed by atoms with Crippen molar-refractivity contribution in [3.63, 3.8) is 0 Å². The van der Waals surface area contributed by atoms with E-state index < -0.39 is 5.97 Å². The molecule has 1 aromatic rings. The molecule has 88 valence electrons. The van der Waals surface area contributed by atoms with Gasteiger partial charge in [-0.2, -0.15) is 0 Å². The molecule has 2 N–H and O–H groups in total. The second-order valence-electron chi connectivity index (χ2n) is 4.29. The van der Waals surface area contributed by atoms with Crippen molar-refractivity contribution in [1.82, 2.24) is 0 Å². The van der Waals surface area contributed by atoms with Crippen molar-refractivity contribution < 1.29 is 9.90 Å². The summed E-state index contributed by atoms with van der Waals surface area (Å²) >= 11 is 1.51. The number of hydrogen-bond acceptors (Lipinski definition) is 3. The van der Waals surface area contributed by atoms with E-state index >= 15 is 0 Å². The zero-order valence-electron chi connectivity index (χ0n) is 9.45. The molecule has 1 aromatic heterocycles. The van der Waals surface area contributed by atoms with E-state index in [1.54, 1.807) is 7.05 Å². The van der Waals surface area contributed by atoms with Gasteiger partial charge in [0.15, 0.2) is 0 Å². The van der Waals surface area contributed by atoms with E-state index in [4.69, 9.17) is 0 Å². The number of anilines is 1. The van der Waals surface area contributed by atoms with Crippen LogP contribution in [0.15, 0.2) is 5.38 Å². The Balaban J connectivity index is 2.32. The second kappa shape index (κ2) is 4.87. The van der Waals surface area contributed by atoms with E-state index in [2.05, 4.69) is 5.32 Å². The van der Waals surface area contributed by atoms with Crippen molar-refractivity contribution in [2.24, 2.45) is 0 Å². The molecule has 1 fully saturated rings. The maximum Gasteiger partial charge on any atom is 0.338 e. The fraction of sp³-hybridized carbons (Fsp3) is 0.583. The third-order valence-corrected chi connectivity index (χ3v) is 4.32. The van der Waals surface area contributed by atoms with Crippen molar-refractivity contribution in [1.29, 1.82) is 0 Å². The monoisotopic (exact) mass is 239 g/mol. The Labute approximate surface area is 99.5 Å². The average Bonchev–Trinajstić information content (AvgIpc) is 2.73. The molecular weight excluding hydrogens is 222 g/mol. The van der Waals surface area contributed by atoms with Crippen molar-refractivity contribution in [3.05, 3.63) is 16.5 Å². The molecule has 1 aliphatic rings. The van der Waals surface area contributed by atoms with E-state index in [1.165, 1.54) is 30.6 Å². The number of aromatic carboxylic acids is 1. The molecule has 0 unspecified atom stereocenters. The van der Waals surface area contributed by atoms with Crippen LogP contribution in [0, 0.1) is 0 Å². The summed E-state index contributed by atoms with van der Waals surface area (Å²) in [5, 5.41) is 15.0. The third kappa shape index (κ3) is 2.07. The van der Waals surface area contributed by atoms with Crippen LogP contribution >= 0.6 is 11.3 Å². The third-order valence-electron chi connectivity index (χ3n) is 3.31. The largest absolute Gasteiger partial charge is 0.478 e. The molecule has 0 saturated heterocycles. The highest BCUT2D eigenvalue weighted by Crippen LogP contribution is 2.39. The van der Waals surface area contributed by atoms with Gasteiger partial charge in [-0.1, -0.05) is 19.3 Å². The molecule has 0 aliphatic heterocycles. The Hall–Kier alpha value is -1.03. The number of hydrogen-bond donors (Lipinski definition) is 2. The summed E-state index contributed by atoms with van der Waals surface area (Å²) in [6.45, 7) is 0. The molecule has 4 heteroatoms. The fourth-order valence-electron chi connectivity index (χ4n) is 2.49. The van der Waals surface area contributed by atoms with E-state index in [0.717, 1.165) is 23.4 Å². The molecule has 0 spiro atoms. The molecule has 1 saturated carbocycles. The van der Waals surface area contributed by atoms with Gasteiger partial charge in [0.25, 0.3) is 0 Å². The number of thiophene rings is 1. The van der Waals surface area contributed by atoms with E-state index in [1.807, 2.05) is 5.38 Å². The van der Waals surface area contributed by atoms with Gasteiger partial charge in [0.05, 0.1) is 5.56 Å². The minimum absolute atomic E-state index is 0.457. The molecule has 16 heavy (non-hydrogen) atoms. The maximum absolute atomic E-state index is 11.3. The summed E-state index contributed by atoms with van der Waals surface area (Å²) < 4.78 is 0. The predicted octanol–water partition coefficient (Wildman–Crippen LogP) is 3.54. The van der Waals surface area contributed by atoms with Gasteiger partial charge in [-0.15, -0.1) is 11.3 Å². The van der Waals surface area contributed by atoms with Crippen molar-refractivity contribution in [2.45, 2.75) is 38.0 Å². The van der Waals surface area contributed by atoms with Gasteiger partial charge in [0.2, 0.25) is 0 Å². The van der Waals surface area contributed by atoms with Gasteiger partial charge in [0.1, 0.15) is 5.00 Å². The summed E-state index contributed by atoms with van der Waals surface area (Å²) in [4.78, 5) is 11.3. The first-order chi connectivity index (χ1) is 7.74. The zero-order chi connectivity index (χ0) is 11.5. The van der Waals surface area contributed by atoms with Crippen LogP contribution in [0.3, 0.4) is 0 Å². The van der Waals surface area contributed by atoms with Crippen LogP contribution in [-0.4, -0.2) is 18.1 Å². The smallest absolute Gasteiger partial charge is 0.338 e. The van der Waals surface area contributed by atoms with Crippen molar-refractivity contribution in [3.8, 4) is 0 Å². The van der Waals surface area contributed by atoms with Gasteiger partial charge >= 0.3 is 5.97 Å². The lowest BCUT2D eigenvalue weighted by atomic mass is 9.83. The zero-order valence-corrected chi connectivity index (χ0v) is 10.3. The lowest BCUT2D eigenvalue weighted by Crippen LogP contribution is -2.09. The topological polar surface area (TPSA) is 49.3 Å². The van der Waals surface area contributed by atoms with Gasteiger partial charge in [-0.3, -0.25) is 0 Å². The van der Waals surface area contributed by atoms with Gasteiger partial charge in [-0.05, 0) is 29.7 Å². The molecule has 0 aromatic carbocycles. The number of rotatable bonds is 3. The van der Waals surface area contributed by atoms with E-state index in [0.29, 0.717) is 11.5 Å². The van der Waals surface area contributed by atoms with Crippen LogP contribution < -0.4 is 5.32 Å². The summed E-state index contributed by atoms with van der Waals surface area (Å²) in [5.41, 5.74) is 1.54.